The summed E-state index contributed by atoms with van der Waals surface area (Å²) in [7, 11) is 0. The Balaban J connectivity index is 1.48. The van der Waals surface area contributed by atoms with Crippen molar-refractivity contribution in [2.24, 2.45) is 50.7 Å². The fourth-order valence-corrected chi connectivity index (χ4v) is 11.9. The predicted molar refractivity (Wildman–Crippen MR) is 180 cm³/mol. The van der Waals surface area contributed by atoms with Gasteiger partial charge in [-0.25, -0.2) is 4.79 Å². The molecule has 0 aliphatic heterocycles. The summed E-state index contributed by atoms with van der Waals surface area (Å²) in [6.07, 6.45) is 6.72. The molecule has 1 amide bonds. The van der Waals surface area contributed by atoms with Crippen LogP contribution in [0.1, 0.15) is 140 Å². The number of Topliss-reactive ketones (excluding diaryl/α,β-unsaturated/α-hetero) is 1. The highest BCUT2D eigenvalue weighted by molar-refractivity contribution is 5.92. The largest absolute Gasteiger partial charge is 0.481 e. The minimum atomic E-state index is -1.17. The first kappa shape index (κ1) is 35.9. The molecule has 8 heteroatoms. The van der Waals surface area contributed by atoms with Crippen LogP contribution in [0.3, 0.4) is 0 Å². The third-order valence-corrected chi connectivity index (χ3v) is 14.4. The average Bonchev–Trinajstić information content (AvgIpc) is 3.21. The standard InChI is InChI=1S/C39H61NO7/c1-22(2)30-25(41)20-39(40-33(45)46-23(3)4)19-18-37(10)24(31(30)39)12-13-27-36(9)16-15-28(47-29(42)21-34(5,6)32(43)44)35(7,8)26(36)14-17-38(27,37)11/h22-23,26-28,30H,12-21H2,1-11H3,(H,40,45)(H,43,44)/t26-,27+,28-,30?,36-,37+,38+,39+/m0/s1. The van der Waals surface area contributed by atoms with Gasteiger partial charge in [-0.15, -0.1) is 0 Å². The zero-order valence-corrected chi connectivity index (χ0v) is 30.9. The maximum Gasteiger partial charge on any atom is 0.408 e. The van der Waals surface area contributed by atoms with Gasteiger partial charge in [0.05, 0.1) is 23.5 Å². The number of amides is 1. The number of hydrogen-bond donors (Lipinski definition) is 2. The van der Waals surface area contributed by atoms with Crippen molar-refractivity contribution >= 4 is 23.8 Å². The molecular formula is C39H61NO7. The highest BCUT2D eigenvalue weighted by Crippen LogP contribution is 2.75. The number of hydrogen-bond acceptors (Lipinski definition) is 6. The fourth-order valence-electron chi connectivity index (χ4n) is 11.9. The van der Waals surface area contributed by atoms with Gasteiger partial charge in [0.2, 0.25) is 0 Å². The van der Waals surface area contributed by atoms with Gasteiger partial charge < -0.3 is 19.9 Å². The summed E-state index contributed by atoms with van der Waals surface area (Å²) in [5.41, 5.74) is 0.496. The molecule has 0 spiro atoms. The number of alkyl carbamates (subject to hydrolysis) is 1. The molecule has 5 aliphatic rings. The Morgan fingerprint density at radius 1 is 0.936 bits per heavy atom. The van der Waals surface area contributed by atoms with Crippen LogP contribution in [-0.4, -0.2) is 46.7 Å². The van der Waals surface area contributed by atoms with Crippen molar-refractivity contribution in [3.63, 3.8) is 0 Å². The van der Waals surface area contributed by atoms with E-state index in [-0.39, 0.29) is 57.9 Å². The van der Waals surface area contributed by atoms with Crippen molar-refractivity contribution in [3.05, 3.63) is 11.1 Å². The van der Waals surface area contributed by atoms with E-state index in [1.807, 2.05) is 13.8 Å². The zero-order valence-electron chi connectivity index (χ0n) is 30.9. The van der Waals surface area contributed by atoms with E-state index in [4.69, 9.17) is 9.47 Å². The maximum atomic E-state index is 13.8. The van der Waals surface area contributed by atoms with Crippen molar-refractivity contribution in [3.8, 4) is 0 Å². The lowest BCUT2D eigenvalue weighted by molar-refractivity contribution is -0.214. The third-order valence-electron chi connectivity index (χ3n) is 14.4. The Hall–Kier alpha value is -2.38. The van der Waals surface area contributed by atoms with Gasteiger partial charge in [0, 0.05) is 17.8 Å². The van der Waals surface area contributed by atoms with Gasteiger partial charge in [-0.3, -0.25) is 14.4 Å². The van der Waals surface area contributed by atoms with Crippen molar-refractivity contribution < 1.29 is 33.8 Å². The number of carboxylic acid groups (broad SMARTS) is 1. The molecule has 4 saturated carbocycles. The average molecular weight is 656 g/mol. The van der Waals surface area contributed by atoms with Crippen molar-refractivity contribution in [2.45, 2.75) is 158 Å². The Morgan fingerprint density at radius 3 is 2.19 bits per heavy atom. The van der Waals surface area contributed by atoms with E-state index >= 15 is 0 Å². The molecule has 0 heterocycles. The molecule has 0 aromatic rings. The quantitative estimate of drug-likeness (QED) is 0.209. The number of carboxylic acids is 1. The summed E-state index contributed by atoms with van der Waals surface area (Å²) < 4.78 is 11.7. The van der Waals surface area contributed by atoms with Crippen LogP contribution >= 0.6 is 0 Å². The van der Waals surface area contributed by atoms with Crippen molar-refractivity contribution in [2.75, 3.05) is 0 Å². The van der Waals surface area contributed by atoms with E-state index in [0.29, 0.717) is 18.3 Å². The molecule has 47 heavy (non-hydrogen) atoms. The maximum absolute atomic E-state index is 13.8. The predicted octanol–water partition coefficient (Wildman–Crippen LogP) is 8.27. The second-order valence-electron chi connectivity index (χ2n) is 18.6. The van der Waals surface area contributed by atoms with Crippen LogP contribution in [0.4, 0.5) is 4.79 Å². The minimum absolute atomic E-state index is 0.0156. The number of aliphatic carboxylic acids is 1. The van der Waals surface area contributed by atoms with E-state index < -0.39 is 29.0 Å². The number of esters is 1. The van der Waals surface area contributed by atoms with Crippen LogP contribution in [0.25, 0.3) is 0 Å². The molecule has 0 bridgehead atoms. The number of carbonyl (C=O) groups excluding carboxylic acids is 3. The summed E-state index contributed by atoms with van der Waals surface area (Å²) >= 11 is 0. The van der Waals surface area contributed by atoms with Crippen LogP contribution in [0.5, 0.6) is 0 Å². The highest BCUT2D eigenvalue weighted by atomic mass is 16.6. The monoisotopic (exact) mass is 655 g/mol. The second kappa shape index (κ2) is 11.6. The molecule has 0 aromatic carbocycles. The summed E-state index contributed by atoms with van der Waals surface area (Å²) in [6, 6.07) is 0. The number of ether oxygens (including phenoxy) is 2. The molecule has 0 radical (unpaired) electrons. The Bertz CT molecular complexity index is 1360. The molecule has 5 aliphatic carbocycles. The molecule has 2 N–H and O–H groups in total. The first-order chi connectivity index (χ1) is 21.6. The molecule has 1 unspecified atom stereocenters. The Morgan fingerprint density at radius 2 is 1.60 bits per heavy atom. The number of ketones is 1. The molecule has 0 saturated heterocycles. The van der Waals surface area contributed by atoms with Crippen LogP contribution < -0.4 is 5.32 Å². The van der Waals surface area contributed by atoms with E-state index in [9.17, 15) is 24.3 Å². The summed E-state index contributed by atoms with van der Waals surface area (Å²) in [5, 5.41) is 12.8. The van der Waals surface area contributed by atoms with Gasteiger partial charge in [0.15, 0.2) is 0 Å². The van der Waals surface area contributed by atoms with E-state index in [1.165, 1.54) is 11.1 Å². The van der Waals surface area contributed by atoms with Crippen molar-refractivity contribution in [1.29, 1.82) is 0 Å². The van der Waals surface area contributed by atoms with Gasteiger partial charge in [0.25, 0.3) is 0 Å². The van der Waals surface area contributed by atoms with Gasteiger partial charge >= 0.3 is 18.0 Å². The smallest absolute Gasteiger partial charge is 0.408 e. The molecular weight excluding hydrogens is 594 g/mol. The molecule has 0 aromatic heterocycles. The third kappa shape index (κ3) is 5.46. The Labute approximate surface area is 282 Å². The SMILES string of the molecule is CC(C)OC(=O)N[C@@]12CC[C@]3(C)C(=C1C(C(C)C)C(=O)C2)CC[C@@H]1[C@@]2(C)CC[C@H](OC(=O)CC(C)(C)C(=O)O)C(C)(C)[C@@H]2CC[C@]13C. The van der Waals surface area contributed by atoms with Crippen LogP contribution in [0.2, 0.25) is 0 Å². The zero-order chi connectivity index (χ0) is 35.1. The lowest BCUT2D eigenvalue weighted by Crippen LogP contribution is -2.65. The fraction of sp³-hybridized carbons (Fsp3) is 0.846. The van der Waals surface area contributed by atoms with Gasteiger partial charge in [-0.05, 0) is 119 Å². The van der Waals surface area contributed by atoms with Crippen molar-refractivity contribution in [1.82, 2.24) is 5.32 Å². The lowest BCUT2D eigenvalue weighted by Gasteiger charge is -2.70. The van der Waals surface area contributed by atoms with E-state index in [2.05, 4.69) is 53.8 Å². The van der Waals surface area contributed by atoms with Gasteiger partial charge in [0.1, 0.15) is 11.9 Å². The number of allylic oxidation sites excluding steroid dienone is 1. The van der Waals surface area contributed by atoms with Crippen LogP contribution in [0.15, 0.2) is 11.1 Å². The second-order valence-corrected chi connectivity index (χ2v) is 18.6. The summed E-state index contributed by atoms with van der Waals surface area (Å²) in [4.78, 5) is 51.6. The van der Waals surface area contributed by atoms with Gasteiger partial charge in [-0.2, -0.15) is 0 Å². The van der Waals surface area contributed by atoms with Gasteiger partial charge in [-0.1, -0.05) is 54.0 Å². The normalized spacial score (nSPS) is 39.5. The molecule has 5 rings (SSSR count). The molecule has 4 fully saturated rings. The Kier molecular flexibility index (Phi) is 8.87. The summed E-state index contributed by atoms with van der Waals surface area (Å²) in [6.45, 7) is 23.1. The lowest BCUT2D eigenvalue weighted by atomic mass is 9.34. The molecule has 264 valence electrons. The number of carbonyl (C=O) groups is 4. The number of fused-ring (bicyclic) bond motifs is 6. The number of rotatable bonds is 7. The minimum Gasteiger partial charge on any atom is -0.481 e. The van der Waals surface area contributed by atoms with E-state index in [0.717, 1.165) is 51.4 Å². The van der Waals surface area contributed by atoms with Crippen LogP contribution in [0, 0.1) is 50.7 Å². The topological polar surface area (TPSA) is 119 Å². The molecule has 8 atom stereocenters. The highest BCUT2D eigenvalue weighted by Gasteiger charge is 2.69. The first-order valence-corrected chi connectivity index (χ1v) is 18.2. The van der Waals surface area contributed by atoms with Crippen LogP contribution in [-0.2, 0) is 23.9 Å². The number of nitrogens with one attached hydrogen (secondary N) is 1. The molecule has 8 nitrogen and oxygen atoms in total. The summed E-state index contributed by atoms with van der Waals surface area (Å²) in [5.74, 6) is -0.404. The van der Waals surface area contributed by atoms with E-state index in [1.54, 1.807) is 13.8 Å². The first-order valence-electron chi connectivity index (χ1n) is 18.2.